The fraction of sp³-hybridized carbons (Fsp3) is 0.450. The van der Waals surface area contributed by atoms with Crippen molar-refractivity contribution in [2.45, 2.75) is 40.5 Å². The number of rotatable bonds is 5. The van der Waals surface area contributed by atoms with Crippen LogP contribution in [0.3, 0.4) is 0 Å². The van der Waals surface area contributed by atoms with Crippen LogP contribution in [0.5, 0.6) is 0 Å². The van der Waals surface area contributed by atoms with E-state index in [2.05, 4.69) is 29.0 Å². The van der Waals surface area contributed by atoms with Gasteiger partial charge >= 0.3 is 0 Å². The van der Waals surface area contributed by atoms with Crippen molar-refractivity contribution in [3.05, 3.63) is 42.2 Å². The van der Waals surface area contributed by atoms with Crippen molar-refractivity contribution < 1.29 is 14.3 Å². The third-order valence-electron chi connectivity index (χ3n) is 4.96. The molecule has 3 heterocycles. The number of thioether (sulfide) groups is 1. The number of piperidine rings is 1. The molecule has 0 bridgehead atoms. The summed E-state index contributed by atoms with van der Waals surface area (Å²) in [4.78, 5) is 24.6. The maximum atomic E-state index is 12.7. The molecule has 0 radical (unpaired) electrons. The fourth-order valence-electron chi connectivity index (χ4n) is 3.36. The number of carbonyl (C=O) groups excluding carboxylic acids is 1. The maximum Gasteiger partial charge on any atom is 0.232 e. The van der Waals surface area contributed by atoms with Crippen LogP contribution in [0.15, 0.2) is 51.6 Å². The van der Waals surface area contributed by atoms with Crippen LogP contribution in [0.1, 0.15) is 18.4 Å². The summed E-state index contributed by atoms with van der Waals surface area (Å²) in [5, 5.41) is 1.62. The van der Waals surface area contributed by atoms with Gasteiger partial charge in [-0.25, -0.2) is 9.97 Å². The lowest BCUT2D eigenvalue weighted by atomic mass is 10.0. The SMILES string of the molecule is Cc1ccccc1Sc1nccnc1SCC(=O)N1CCC2(CC1)OCCO2. The van der Waals surface area contributed by atoms with E-state index in [4.69, 9.17) is 9.47 Å². The molecule has 2 saturated heterocycles. The standard InChI is InChI=1S/C20H23N3O3S2/c1-15-4-2-3-5-16(15)28-19-18(21-8-9-22-19)27-14-17(24)23-10-6-20(7-11-23)25-12-13-26-20/h2-5,8-9H,6-7,10-14H2,1H3. The minimum Gasteiger partial charge on any atom is -0.347 e. The predicted molar refractivity (Wildman–Crippen MR) is 109 cm³/mol. The van der Waals surface area contributed by atoms with Crippen LogP contribution < -0.4 is 0 Å². The Bertz CT molecular complexity index is 833. The highest BCUT2D eigenvalue weighted by molar-refractivity contribution is 8.02. The number of carbonyl (C=O) groups is 1. The molecule has 0 N–H and O–H groups in total. The molecule has 0 aliphatic carbocycles. The van der Waals surface area contributed by atoms with Crippen molar-refractivity contribution in [1.29, 1.82) is 0 Å². The van der Waals surface area contributed by atoms with Crippen LogP contribution in [-0.2, 0) is 14.3 Å². The second kappa shape index (κ2) is 8.82. The first-order valence-electron chi connectivity index (χ1n) is 9.38. The second-order valence-electron chi connectivity index (χ2n) is 6.81. The molecule has 1 aromatic carbocycles. The van der Waals surface area contributed by atoms with Crippen molar-refractivity contribution >= 4 is 29.4 Å². The summed E-state index contributed by atoms with van der Waals surface area (Å²) in [5.74, 6) is 0.0244. The molecule has 148 valence electrons. The van der Waals surface area contributed by atoms with Gasteiger partial charge in [0, 0.05) is 43.2 Å². The van der Waals surface area contributed by atoms with E-state index in [0.29, 0.717) is 32.1 Å². The summed E-state index contributed by atoms with van der Waals surface area (Å²) in [6.07, 6.45) is 4.85. The molecule has 8 heteroatoms. The van der Waals surface area contributed by atoms with Crippen molar-refractivity contribution in [2.75, 3.05) is 32.1 Å². The van der Waals surface area contributed by atoms with Crippen LogP contribution in [0.4, 0.5) is 0 Å². The third-order valence-corrected chi connectivity index (χ3v) is 7.22. The predicted octanol–water partition coefficient (Wildman–Crippen LogP) is 3.39. The number of likely N-dealkylation sites (tertiary alicyclic amines) is 1. The van der Waals surface area contributed by atoms with Gasteiger partial charge in [-0.3, -0.25) is 4.79 Å². The van der Waals surface area contributed by atoms with Gasteiger partial charge in [-0.1, -0.05) is 41.7 Å². The Balaban J connectivity index is 1.35. The Morgan fingerprint density at radius 1 is 1.11 bits per heavy atom. The molecule has 6 nitrogen and oxygen atoms in total. The largest absolute Gasteiger partial charge is 0.347 e. The zero-order chi connectivity index (χ0) is 19.4. The first-order chi connectivity index (χ1) is 13.7. The average molecular weight is 418 g/mol. The quantitative estimate of drug-likeness (QED) is 0.691. The van der Waals surface area contributed by atoms with E-state index in [-0.39, 0.29) is 5.91 Å². The molecule has 2 fully saturated rings. The van der Waals surface area contributed by atoms with Crippen molar-refractivity contribution in [3.8, 4) is 0 Å². The van der Waals surface area contributed by atoms with Crippen LogP contribution in [-0.4, -0.2) is 58.6 Å². The molecule has 2 aliphatic heterocycles. The Kier molecular flexibility index (Phi) is 6.20. The Hall–Kier alpha value is -1.61. The number of hydrogen-bond acceptors (Lipinski definition) is 7. The van der Waals surface area contributed by atoms with Crippen LogP contribution >= 0.6 is 23.5 Å². The number of benzene rings is 1. The van der Waals surface area contributed by atoms with E-state index in [0.717, 1.165) is 27.8 Å². The lowest BCUT2D eigenvalue weighted by molar-refractivity contribution is -0.186. The highest BCUT2D eigenvalue weighted by Gasteiger charge is 2.40. The first kappa shape index (κ1) is 19.7. The van der Waals surface area contributed by atoms with Gasteiger partial charge in [0.05, 0.1) is 19.0 Å². The number of aryl methyl sites for hydroxylation is 1. The molecular weight excluding hydrogens is 394 g/mol. The fourth-order valence-corrected chi connectivity index (χ4v) is 5.25. The van der Waals surface area contributed by atoms with Gasteiger partial charge in [0.15, 0.2) is 5.79 Å². The number of amides is 1. The third kappa shape index (κ3) is 4.51. The molecule has 2 aliphatic rings. The van der Waals surface area contributed by atoms with E-state index in [1.807, 2.05) is 17.0 Å². The van der Waals surface area contributed by atoms with E-state index in [1.165, 1.54) is 17.3 Å². The summed E-state index contributed by atoms with van der Waals surface area (Å²) in [5.41, 5.74) is 1.20. The van der Waals surface area contributed by atoms with Gasteiger partial charge in [-0.15, -0.1) is 0 Å². The second-order valence-corrected chi connectivity index (χ2v) is 8.81. The zero-order valence-corrected chi connectivity index (χ0v) is 17.4. The average Bonchev–Trinajstić information content (AvgIpc) is 3.17. The zero-order valence-electron chi connectivity index (χ0n) is 15.8. The molecule has 2 aromatic rings. The topological polar surface area (TPSA) is 64.6 Å². The summed E-state index contributed by atoms with van der Waals surface area (Å²) < 4.78 is 11.5. The van der Waals surface area contributed by atoms with Crippen molar-refractivity contribution in [3.63, 3.8) is 0 Å². The summed E-state index contributed by atoms with van der Waals surface area (Å²) >= 11 is 3.04. The highest BCUT2D eigenvalue weighted by Crippen LogP contribution is 2.35. The maximum absolute atomic E-state index is 12.7. The summed E-state index contributed by atoms with van der Waals surface area (Å²) in [6.45, 7) is 4.72. The van der Waals surface area contributed by atoms with Crippen LogP contribution in [0, 0.1) is 6.92 Å². The molecule has 0 atom stereocenters. The van der Waals surface area contributed by atoms with Gasteiger partial charge in [0.25, 0.3) is 0 Å². The summed E-state index contributed by atoms with van der Waals surface area (Å²) in [7, 11) is 0. The number of aromatic nitrogens is 2. The molecule has 1 spiro atoms. The first-order valence-corrected chi connectivity index (χ1v) is 11.2. The molecule has 1 amide bonds. The molecular formula is C20H23N3O3S2. The van der Waals surface area contributed by atoms with Gasteiger partial charge in [-0.2, -0.15) is 0 Å². The normalized spacial score (nSPS) is 18.5. The van der Waals surface area contributed by atoms with Gasteiger partial charge in [-0.05, 0) is 18.6 Å². The van der Waals surface area contributed by atoms with Crippen molar-refractivity contribution in [2.24, 2.45) is 0 Å². The lowest BCUT2D eigenvalue weighted by Gasteiger charge is -2.37. The molecule has 1 aromatic heterocycles. The molecule has 0 unspecified atom stereocenters. The van der Waals surface area contributed by atoms with Gasteiger partial charge in [0.1, 0.15) is 10.1 Å². The molecule has 4 rings (SSSR count). The van der Waals surface area contributed by atoms with E-state index in [1.54, 1.807) is 24.2 Å². The minimum atomic E-state index is -0.452. The highest BCUT2D eigenvalue weighted by atomic mass is 32.2. The summed E-state index contributed by atoms with van der Waals surface area (Å²) in [6, 6.07) is 8.19. The van der Waals surface area contributed by atoms with Crippen molar-refractivity contribution in [1.82, 2.24) is 14.9 Å². The minimum absolute atomic E-state index is 0.121. The molecule has 0 saturated carbocycles. The Labute approximate surface area is 173 Å². The number of ether oxygens (including phenoxy) is 2. The van der Waals surface area contributed by atoms with E-state index >= 15 is 0 Å². The molecule has 28 heavy (non-hydrogen) atoms. The van der Waals surface area contributed by atoms with Crippen LogP contribution in [0.2, 0.25) is 0 Å². The monoisotopic (exact) mass is 417 g/mol. The van der Waals surface area contributed by atoms with Gasteiger partial charge in [0.2, 0.25) is 5.91 Å². The van der Waals surface area contributed by atoms with E-state index < -0.39 is 5.79 Å². The lowest BCUT2D eigenvalue weighted by Crippen LogP contribution is -2.47. The van der Waals surface area contributed by atoms with Gasteiger partial charge < -0.3 is 14.4 Å². The smallest absolute Gasteiger partial charge is 0.232 e. The van der Waals surface area contributed by atoms with E-state index in [9.17, 15) is 4.79 Å². The Morgan fingerprint density at radius 3 is 2.50 bits per heavy atom. The number of nitrogens with zero attached hydrogens (tertiary/aromatic N) is 3. The Morgan fingerprint density at radius 2 is 1.79 bits per heavy atom. The number of hydrogen-bond donors (Lipinski definition) is 0. The van der Waals surface area contributed by atoms with Crippen LogP contribution in [0.25, 0.3) is 0 Å².